The zero-order valence-electron chi connectivity index (χ0n) is 12.4. The minimum absolute atomic E-state index is 0.106. The van der Waals surface area contributed by atoms with Crippen LogP contribution in [0.3, 0.4) is 0 Å². The van der Waals surface area contributed by atoms with Gasteiger partial charge in [0.15, 0.2) is 0 Å². The van der Waals surface area contributed by atoms with E-state index in [-0.39, 0.29) is 18.6 Å². The first-order chi connectivity index (χ1) is 9.55. The maximum atomic E-state index is 12.4. The van der Waals surface area contributed by atoms with Crippen LogP contribution in [0.25, 0.3) is 0 Å². The molecule has 1 aliphatic carbocycles. The lowest BCUT2D eigenvalue weighted by Gasteiger charge is -2.34. The van der Waals surface area contributed by atoms with E-state index in [4.69, 9.17) is 5.11 Å². The number of nitrogens with zero attached hydrogens (tertiary/aromatic N) is 1. The number of rotatable bonds is 5. The predicted molar refractivity (Wildman–Crippen MR) is 79.5 cm³/mol. The van der Waals surface area contributed by atoms with Gasteiger partial charge in [-0.15, -0.1) is 0 Å². The van der Waals surface area contributed by atoms with Crippen molar-refractivity contribution in [3.05, 3.63) is 0 Å². The van der Waals surface area contributed by atoms with Crippen LogP contribution in [0.4, 0.5) is 0 Å². The summed E-state index contributed by atoms with van der Waals surface area (Å²) in [4.78, 5) is 0. The molecule has 2 rings (SSSR count). The molecular formula is C14H28N2O3S. The van der Waals surface area contributed by atoms with Gasteiger partial charge in [-0.1, -0.05) is 26.2 Å². The second-order valence-electron chi connectivity index (χ2n) is 6.29. The molecule has 0 spiro atoms. The lowest BCUT2D eigenvalue weighted by molar-refractivity contribution is 0.168. The largest absolute Gasteiger partial charge is 0.396 e. The summed E-state index contributed by atoms with van der Waals surface area (Å²) in [6, 6.07) is 0.106. The minimum Gasteiger partial charge on any atom is -0.396 e. The fourth-order valence-electron chi connectivity index (χ4n) is 3.39. The highest BCUT2D eigenvalue weighted by Crippen LogP contribution is 2.27. The van der Waals surface area contributed by atoms with E-state index in [9.17, 15) is 8.42 Å². The van der Waals surface area contributed by atoms with Crippen LogP contribution in [0.15, 0.2) is 0 Å². The molecule has 0 aromatic heterocycles. The summed E-state index contributed by atoms with van der Waals surface area (Å²) in [5, 5.41) is 9.11. The molecule has 1 heterocycles. The van der Waals surface area contributed by atoms with E-state index in [1.807, 2.05) is 0 Å². The van der Waals surface area contributed by atoms with Crippen LogP contribution in [0, 0.1) is 11.8 Å². The highest BCUT2D eigenvalue weighted by molar-refractivity contribution is 7.87. The third kappa shape index (κ3) is 4.16. The van der Waals surface area contributed by atoms with Crippen LogP contribution in [-0.4, -0.2) is 43.6 Å². The summed E-state index contributed by atoms with van der Waals surface area (Å²) in [6.07, 6.45) is 6.96. The Morgan fingerprint density at radius 1 is 1.15 bits per heavy atom. The van der Waals surface area contributed by atoms with Gasteiger partial charge in [-0.3, -0.25) is 0 Å². The average Bonchev–Trinajstić information content (AvgIpc) is 2.47. The first kappa shape index (κ1) is 16.2. The molecule has 2 aliphatic rings. The summed E-state index contributed by atoms with van der Waals surface area (Å²) in [5.41, 5.74) is 0. The third-order valence-electron chi connectivity index (χ3n) is 4.85. The van der Waals surface area contributed by atoms with Gasteiger partial charge in [0.05, 0.1) is 0 Å². The molecule has 2 fully saturated rings. The average molecular weight is 304 g/mol. The number of hydrogen-bond donors (Lipinski definition) is 2. The third-order valence-corrected chi connectivity index (χ3v) is 6.52. The van der Waals surface area contributed by atoms with Crippen LogP contribution < -0.4 is 4.72 Å². The molecule has 0 aromatic carbocycles. The van der Waals surface area contributed by atoms with Crippen molar-refractivity contribution in [2.45, 2.75) is 57.9 Å². The molecule has 1 saturated carbocycles. The molecule has 118 valence electrons. The summed E-state index contributed by atoms with van der Waals surface area (Å²) in [6.45, 7) is 3.41. The normalized spacial score (nSPS) is 30.5. The van der Waals surface area contributed by atoms with E-state index < -0.39 is 10.2 Å². The first-order valence-electron chi connectivity index (χ1n) is 7.93. The van der Waals surface area contributed by atoms with Crippen LogP contribution in [-0.2, 0) is 10.2 Å². The molecule has 0 aromatic rings. The zero-order valence-corrected chi connectivity index (χ0v) is 13.2. The van der Waals surface area contributed by atoms with Gasteiger partial charge >= 0.3 is 0 Å². The first-order valence-corrected chi connectivity index (χ1v) is 9.37. The number of nitrogens with one attached hydrogen (secondary N) is 1. The highest BCUT2D eigenvalue weighted by atomic mass is 32.2. The van der Waals surface area contributed by atoms with Crippen molar-refractivity contribution in [1.82, 2.24) is 9.03 Å². The number of aliphatic hydroxyl groups excluding tert-OH is 1. The van der Waals surface area contributed by atoms with Crippen LogP contribution in [0.1, 0.15) is 51.9 Å². The van der Waals surface area contributed by atoms with Crippen molar-refractivity contribution in [2.24, 2.45) is 11.8 Å². The lowest BCUT2D eigenvalue weighted by atomic mass is 9.85. The van der Waals surface area contributed by atoms with E-state index in [0.717, 1.165) is 38.5 Å². The van der Waals surface area contributed by atoms with E-state index in [1.54, 1.807) is 4.31 Å². The molecule has 0 radical (unpaired) electrons. The second-order valence-corrected chi connectivity index (χ2v) is 7.99. The van der Waals surface area contributed by atoms with E-state index in [0.29, 0.717) is 19.0 Å². The van der Waals surface area contributed by atoms with E-state index >= 15 is 0 Å². The Bertz CT molecular complexity index is 391. The van der Waals surface area contributed by atoms with E-state index in [1.165, 1.54) is 6.42 Å². The summed E-state index contributed by atoms with van der Waals surface area (Å²) >= 11 is 0. The Morgan fingerprint density at radius 3 is 2.45 bits per heavy atom. The molecule has 6 heteroatoms. The SMILES string of the molecule is CCC1CCCC(NS(=O)(=O)N2CCC(CO)CC2)C1. The minimum atomic E-state index is -3.34. The maximum Gasteiger partial charge on any atom is 0.279 e. The molecule has 2 atom stereocenters. The monoisotopic (exact) mass is 304 g/mol. The Hall–Kier alpha value is -0.170. The van der Waals surface area contributed by atoms with Crippen LogP contribution in [0.2, 0.25) is 0 Å². The van der Waals surface area contributed by atoms with E-state index in [2.05, 4.69) is 11.6 Å². The Balaban J connectivity index is 1.87. The summed E-state index contributed by atoms with van der Waals surface area (Å²) in [7, 11) is -3.34. The molecule has 1 aliphatic heterocycles. The topological polar surface area (TPSA) is 69.6 Å². The van der Waals surface area contributed by atoms with Gasteiger partial charge in [0.2, 0.25) is 0 Å². The Labute approximate surface area is 122 Å². The van der Waals surface area contributed by atoms with Crippen LogP contribution in [0.5, 0.6) is 0 Å². The van der Waals surface area contributed by atoms with Gasteiger partial charge in [-0.05, 0) is 37.5 Å². The summed E-state index contributed by atoms with van der Waals surface area (Å²) < 4.78 is 29.2. The zero-order chi connectivity index (χ0) is 14.6. The predicted octanol–water partition coefficient (Wildman–Crippen LogP) is 1.49. The molecule has 1 saturated heterocycles. The molecule has 0 amide bonds. The standard InChI is InChI=1S/C14H28N2O3S/c1-2-12-4-3-5-14(10-12)15-20(18,19)16-8-6-13(11-17)7-9-16/h12-15,17H,2-11H2,1H3. The molecule has 2 N–H and O–H groups in total. The second kappa shape index (κ2) is 7.20. The van der Waals surface area contributed by atoms with Crippen molar-refractivity contribution < 1.29 is 13.5 Å². The highest BCUT2D eigenvalue weighted by Gasteiger charge is 2.31. The fraction of sp³-hybridized carbons (Fsp3) is 1.00. The smallest absolute Gasteiger partial charge is 0.279 e. The lowest BCUT2D eigenvalue weighted by Crippen LogP contribution is -2.49. The van der Waals surface area contributed by atoms with Crippen molar-refractivity contribution in [3.8, 4) is 0 Å². The van der Waals surface area contributed by atoms with Gasteiger partial charge < -0.3 is 5.11 Å². The Morgan fingerprint density at radius 2 is 1.85 bits per heavy atom. The van der Waals surface area contributed by atoms with Gasteiger partial charge in [-0.25, -0.2) is 0 Å². The molecule has 20 heavy (non-hydrogen) atoms. The van der Waals surface area contributed by atoms with Gasteiger partial charge in [0, 0.05) is 25.7 Å². The molecule has 0 bridgehead atoms. The quantitative estimate of drug-likeness (QED) is 0.808. The molecule has 5 nitrogen and oxygen atoms in total. The van der Waals surface area contributed by atoms with Gasteiger partial charge in [-0.2, -0.15) is 17.4 Å². The van der Waals surface area contributed by atoms with Crippen molar-refractivity contribution in [2.75, 3.05) is 19.7 Å². The summed E-state index contributed by atoms with van der Waals surface area (Å²) in [5.74, 6) is 0.928. The maximum absolute atomic E-state index is 12.4. The number of piperidine rings is 1. The van der Waals surface area contributed by atoms with Crippen molar-refractivity contribution in [3.63, 3.8) is 0 Å². The number of aliphatic hydroxyl groups is 1. The fourth-order valence-corrected chi connectivity index (χ4v) is 4.86. The molecule has 2 unspecified atom stereocenters. The van der Waals surface area contributed by atoms with Crippen molar-refractivity contribution in [1.29, 1.82) is 0 Å². The van der Waals surface area contributed by atoms with Crippen molar-refractivity contribution >= 4 is 10.2 Å². The number of hydrogen-bond acceptors (Lipinski definition) is 3. The van der Waals surface area contributed by atoms with Crippen LogP contribution >= 0.6 is 0 Å². The molecular weight excluding hydrogens is 276 g/mol. The Kier molecular flexibility index (Phi) is 5.84. The van der Waals surface area contributed by atoms with Gasteiger partial charge in [0.1, 0.15) is 0 Å². The van der Waals surface area contributed by atoms with Gasteiger partial charge in [0.25, 0.3) is 10.2 Å².